The van der Waals surface area contributed by atoms with E-state index in [1.807, 2.05) is 6.92 Å². The van der Waals surface area contributed by atoms with Gasteiger partial charge in [0.25, 0.3) is 0 Å². The summed E-state index contributed by atoms with van der Waals surface area (Å²) in [6.45, 7) is 4.10. The molecule has 1 heterocycles. The minimum atomic E-state index is -0.327. The number of rotatable bonds is 7. The van der Waals surface area contributed by atoms with Crippen LogP contribution in [0, 0.1) is 0 Å². The second kappa shape index (κ2) is 7.69. The van der Waals surface area contributed by atoms with E-state index in [0.29, 0.717) is 11.4 Å². The minimum Gasteiger partial charge on any atom is -0.459 e. The molecule has 0 spiro atoms. The molecule has 0 fully saturated rings. The van der Waals surface area contributed by atoms with Crippen LogP contribution in [0.15, 0.2) is 18.3 Å². The van der Waals surface area contributed by atoms with Gasteiger partial charge in [0.1, 0.15) is 5.82 Å². The van der Waals surface area contributed by atoms with Crippen LogP contribution in [0.4, 0.5) is 5.82 Å². The smallest absolute Gasteiger partial charge is 0.338 e. The van der Waals surface area contributed by atoms with E-state index in [2.05, 4.69) is 11.9 Å². The molecule has 0 aliphatic heterocycles. The number of nitrogen functional groups attached to an aromatic ring is 1. The molecule has 0 bridgehead atoms. The molecule has 100 valence electrons. The second-order valence-corrected chi connectivity index (χ2v) is 4.53. The molecule has 0 aromatic carbocycles. The van der Waals surface area contributed by atoms with E-state index in [1.54, 1.807) is 6.07 Å². The normalized spacial score (nSPS) is 12.1. The number of carbonyl (C=O) groups is 1. The van der Waals surface area contributed by atoms with Crippen LogP contribution >= 0.6 is 0 Å². The number of unbranched alkanes of at least 4 members (excludes halogenated alkanes) is 3. The van der Waals surface area contributed by atoms with E-state index >= 15 is 0 Å². The monoisotopic (exact) mass is 250 g/mol. The van der Waals surface area contributed by atoms with Crippen LogP contribution in [0.5, 0.6) is 0 Å². The van der Waals surface area contributed by atoms with E-state index in [0.717, 1.165) is 12.8 Å². The highest BCUT2D eigenvalue weighted by atomic mass is 16.5. The van der Waals surface area contributed by atoms with Crippen LogP contribution in [0.1, 0.15) is 56.3 Å². The molecule has 0 saturated heterocycles. The summed E-state index contributed by atoms with van der Waals surface area (Å²) >= 11 is 0. The zero-order valence-corrected chi connectivity index (χ0v) is 11.2. The number of hydrogen-bond donors (Lipinski definition) is 1. The first-order chi connectivity index (χ1) is 8.63. The fourth-order valence-electron chi connectivity index (χ4n) is 1.74. The summed E-state index contributed by atoms with van der Waals surface area (Å²) in [5.74, 6) is 0.00661. The maximum atomic E-state index is 11.8. The lowest BCUT2D eigenvalue weighted by molar-refractivity contribution is 0.0319. The molecule has 1 atom stereocenters. The molecule has 0 amide bonds. The molecule has 0 saturated carbocycles. The Kier molecular flexibility index (Phi) is 6.19. The van der Waals surface area contributed by atoms with E-state index in [1.165, 1.54) is 31.5 Å². The lowest BCUT2D eigenvalue weighted by atomic mass is 10.1. The molecule has 1 aromatic rings. The maximum absolute atomic E-state index is 11.8. The van der Waals surface area contributed by atoms with Crippen LogP contribution in [-0.4, -0.2) is 17.1 Å². The molecule has 4 heteroatoms. The van der Waals surface area contributed by atoms with Crippen LogP contribution < -0.4 is 5.73 Å². The first-order valence-corrected chi connectivity index (χ1v) is 6.56. The quantitative estimate of drug-likeness (QED) is 0.596. The predicted octanol–water partition coefficient (Wildman–Crippen LogP) is 3.18. The van der Waals surface area contributed by atoms with Gasteiger partial charge in [0.05, 0.1) is 11.7 Å². The minimum absolute atomic E-state index is 0.0521. The summed E-state index contributed by atoms with van der Waals surface area (Å²) in [7, 11) is 0. The van der Waals surface area contributed by atoms with Gasteiger partial charge in [-0.1, -0.05) is 26.2 Å². The van der Waals surface area contributed by atoms with Crippen LogP contribution in [0.2, 0.25) is 0 Å². The Balaban J connectivity index is 2.35. The van der Waals surface area contributed by atoms with Crippen molar-refractivity contribution in [2.24, 2.45) is 0 Å². The van der Waals surface area contributed by atoms with Gasteiger partial charge >= 0.3 is 5.97 Å². The Morgan fingerprint density at radius 3 is 2.89 bits per heavy atom. The summed E-state index contributed by atoms with van der Waals surface area (Å²) in [6, 6.07) is 3.15. The average molecular weight is 250 g/mol. The Labute approximate surface area is 109 Å². The van der Waals surface area contributed by atoms with Gasteiger partial charge in [-0.2, -0.15) is 0 Å². The van der Waals surface area contributed by atoms with Crippen molar-refractivity contribution in [3.8, 4) is 0 Å². The first kappa shape index (κ1) is 14.5. The van der Waals surface area contributed by atoms with E-state index < -0.39 is 0 Å². The van der Waals surface area contributed by atoms with Crippen LogP contribution in [0.25, 0.3) is 0 Å². The molecule has 0 aliphatic carbocycles. The number of anilines is 1. The van der Waals surface area contributed by atoms with Crippen molar-refractivity contribution in [1.82, 2.24) is 4.98 Å². The highest BCUT2D eigenvalue weighted by molar-refractivity contribution is 5.90. The van der Waals surface area contributed by atoms with Gasteiger partial charge in [-0.15, -0.1) is 0 Å². The topological polar surface area (TPSA) is 65.2 Å². The number of esters is 1. The standard InChI is InChI=1S/C14H22N2O2/c1-3-4-5-6-7-11(2)18-14(17)12-8-9-16-13(15)10-12/h8-11H,3-7H2,1-2H3,(H2,15,16). The first-order valence-electron chi connectivity index (χ1n) is 6.56. The fourth-order valence-corrected chi connectivity index (χ4v) is 1.74. The SMILES string of the molecule is CCCCCCC(C)OC(=O)c1ccnc(N)c1. The number of carbonyl (C=O) groups excluding carboxylic acids is 1. The summed E-state index contributed by atoms with van der Waals surface area (Å²) in [5, 5.41) is 0. The lowest BCUT2D eigenvalue weighted by Gasteiger charge is -2.13. The summed E-state index contributed by atoms with van der Waals surface area (Å²) in [6.07, 6.45) is 7.11. The van der Waals surface area contributed by atoms with Gasteiger partial charge in [0.15, 0.2) is 0 Å². The van der Waals surface area contributed by atoms with Crippen molar-refractivity contribution >= 4 is 11.8 Å². The molecule has 2 N–H and O–H groups in total. The molecule has 0 aliphatic rings. The summed E-state index contributed by atoms with van der Waals surface area (Å²) in [4.78, 5) is 15.6. The number of aromatic nitrogens is 1. The summed E-state index contributed by atoms with van der Waals surface area (Å²) in [5.41, 5.74) is 5.98. The molecular formula is C14H22N2O2. The van der Waals surface area contributed by atoms with Crippen LogP contribution in [0.3, 0.4) is 0 Å². The zero-order chi connectivity index (χ0) is 13.4. The number of hydrogen-bond acceptors (Lipinski definition) is 4. The highest BCUT2D eigenvalue weighted by Gasteiger charge is 2.12. The van der Waals surface area contributed by atoms with E-state index in [4.69, 9.17) is 10.5 Å². The Morgan fingerprint density at radius 2 is 2.22 bits per heavy atom. The molecule has 0 radical (unpaired) electrons. The Hall–Kier alpha value is -1.58. The molecule has 18 heavy (non-hydrogen) atoms. The number of ether oxygens (including phenoxy) is 1. The molecule has 1 rings (SSSR count). The fraction of sp³-hybridized carbons (Fsp3) is 0.571. The predicted molar refractivity (Wildman–Crippen MR) is 72.3 cm³/mol. The third-order valence-corrected chi connectivity index (χ3v) is 2.79. The number of nitrogens with two attached hydrogens (primary N) is 1. The van der Waals surface area contributed by atoms with Gasteiger partial charge < -0.3 is 10.5 Å². The lowest BCUT2D eigenvalue weighted by Crippen LogP contribution is -2.15. The van der Waals surface area contributed by atoms with Gasteiger partial charge in [0.2, 0.25) is 0 Å². The average Bonchev–Trinajstić information content (AvgIpc) is 2.34. The third-order valence-electron chi connectivity index (χ3n) is 2.79. The Bertz CT molecular complexity index is 380. The third kappa shape index (κ3) is 5.17. The van der Waals surface area contributed by atoms with Gasteiger partial charge in [0, 0.05) is 6.20 Å². The van der Waals surface area contributed by atoms with Crippen molar-refractivity contribution in [1.29, 1.82) is 0 Å². The molecule has 4 nitrogen and oxygen atoms in total. The number of pyridine rings is 1. The van der Waals surface area contributed by atoms with Crippen molar-refractivity contribution in [3.05, 3.63) is 23.9 Å². The Morgan fingerprint density at radius 1 is 1.44 bits per heavy atom. The van der Waals surface area contributed by atoms with Crippen molar-refractivity contribution in [2.45, 2.75) is 52.1 Å². The van der Waals surface area contributed by atoms with Crippen molar-refractivity contribution < 1.29 is 9.53 Å². The maximum Gasteiger partial charge on any atom is 0.338 e. The van der Waals surface area contributed by atoms with Gasteiger partial charge in [-0.3, -0.25) is 0 Å². The van der Waals surface area contributed by atoms with E-state index in [9.17, 15) is 4.79 Å². The molecular weight excluding hydrogens is 228 g/mol. The summed E-state index contributed by atoms with van der Waals surface area (Å²) < 4.78 is 5.35. The zero-order valence-electron chi connectivity index (χ0n) is 11.2. The second-order valence-electron chi connectivity index (χ2n) is 4.53. The van der Waals surface area contributed by atoms with Crippen LogP contribution in [-0.2, 0) is 4.74 Å². The number of nitrogens with zero attached hydrogens (tertiary/aromatic N) is 1. The van der Waals surface area contributed by atoms with Gasteiger partial charge in [-0.25, -0.2) is 9.78 Å². The highest BCUT2D eigenvalue weighted by Crippen LogP contribution is 2.11. The van der Waals surface area contributed by atoms with E-state index in [-0.39, 0.29) is 12.1 Å². The largest absolute Gasteiger partial charge is 0.459 e. The van der Waals surface area contributed by atoms with Crippen molar-refractivity contribution in [3.63, 3.8) is 0 Å². The van der Waals surface area contributed by atoms with Crippen molar-refractivity contribution in [2.75, 3.05) is 5.73 Å². The molecule has 1 unspecified atom stereocenters. The van der Waals surface area contributed by atoms with Gasteiger partial charge in [-0.05, 0) is 31.9 Å². The molecule has 1 aromatic heterocycles.